The maximum absolute atomic E-state index is 12.1. The molecule has 0 aliphatic carbocycles. The Balaban J connectivity index is 1.62. The molecule has 1 aliphatic rings. The summed E-state index contributed by atoms with van der Waals surface area (Å²) in [7, 11) is 0. The Morgan fingerprint density at radius 3 is 2.55 bits per heavy atom. The molecule has 6 heteroatoms. The number of benzene rings is 1. The lowest BCUT2D eigenvalue weighted by atomic mass is 10.2. The highest BCUT2D eigenvalue weighted by atomic mass is 16.6. The lowest BCUT2D eigenvalue weighted by molar-refractivity contribution is -0.156. The number of H-pyrrole nitrogens is 1. The van der Waals surface area contributed by atoms with Crippen molar-refractivity contribution >= 4 is 11.8 Å². The average molecular weight is 301 g/mol. The van der Waals surface area contributed by atoms with Crippen molar-refractivity contribution in [3.8, 4) is 11.5 Å². The second kappa shape index (κ2) is 5.93. The number of rotatable bonds is 4. The van der Waals surface area contributed by atoms with E-state index in [-0.39, 0.29) is 12.4 Å². The van der Waals surface area contributed by atoms with Gasteiger partial charge in [-0.15, -0.1) is 0 Å². The molecule has 1 aromatic heterocycles. The Hall–Kier alpha value is -2.76. The van der Waals surface area contributed by atoms with Crippen molar-refractivity contribution in [1.29, 1.82) is 0 Å². The van der Waals surface area contributed by atoms with Gasteiger partial charge in [-0.1, -0.05) is 12.1 Å². The van der Waals surface area contributed by atoms with Gasteiger partial charge in [-0.2, -0.15) is 0 Å². The monoisotopic (exact) mass is 301 g/mol. The summed E-state index contributed by atoms with van der Waals surface area (Å²) in [4.78, 5) is 26.7. The van der Waals surface area contributed by atoms with Gasteiger partial charge in [0.15, 0.2) is 18.1 Å². The van der Waals surface area contributed by atoms with Gasteiger partial charge in [0, 0.05) is 6.20 Å². The third-order valence-corrected chi connectivity index (χ3v) is 3.32. The predicted molar refractivity (Wildman–Crippen MR) is 77.0 cm³/mol. The molecule has 0 spiro atoms. The summed E-state index contributed by atoms with van der Waals surface area (Å²) in [6, 6.07) is 10.4. The third-order valence-electron chi connectivity index (χ3n) is 3.32. The van der Waals surface area contributed by atoms with Crippen LogP contribution < -0.4 is 9.47 Å². The maximum atomic E-state index is 12.1. The smallest absolute Gasteiger partial charge is 0.351 e. The van der Waals surface area contributed by atoms with Crippen LogP contribution in [-0.2, 0) is 9.53 Å². The molecule has 114 valence electrons. The highest BCUT2D eigenvalue weighted by Gasteiger charge is 2.35. The van der Waals surface area contributed by atoms with Gasteiger partial charge in [-0.25, -0.2) is 4.79 Å². The van der Waals surface area contributed by atoms with Crippen LogP contribution in [0.3, 0.4) is 0 Å². The van der Waals surface area contributed by atoms with Gasteiger partial charge < -0.3 is 19.2 Å². The minimum atomic E-state index is -0.897. The first kappa shape index (κ1) is 14.2. The van der Waals surface area contributed by atoms with E-state index in [1.54, 1.807) is 43.5 Å². The second-order valence-corrected chi connectivity index (χ2v) is 4.92. The first-order valence-electron chi connectivity index (χ1n) is 6.90. The van der Waals surface area contributed by atoms with E-state index in [9.17, 15) is 9.59 Å². The van der Waals surface area contributed by atoms with Crippen LogP contribution in [0.1, 0.15) is 17.4 Å². The Morgan fingerprint density at radius 1 is 1.14 bits per heavy atom. The summed E-state index contributed by atoms with van der Waals surface area (Å²) >= 11 is 0. The zero-order chi connectivity index (χ0) is 15.5. The number of carbonyl (C=O) groups is 2. The summed E-state index contributed by atoms with van der Waals surface area (Å²) in [5.74, 6) is 0.143. The Labute approximate surface area is 127 Å². The molecule has 1 aromatic carbocycles. The number of esters is 1. The number of fused-ring (bicyclic) bond motifs is 1. The number of para-hydroxylation sites is 2. The van der Waals surface area contributed by atoms with Crippen LogP contribution >= 0.6 is 0 Å². The minimum Gasteiger partial charge on any atom is -0.482 e. The zero-order valence-electron chi connectivity index (χ0n) is 11.9. The molecule has 0 radical (unpaired) electrons. The van der Waals surface area contributed by atoms with Gasteiger partial charge in [0.2, 0.25) is 11.9 Å². The van der Waals surface area contributed by atoms with Crippen LogP contribution in [0.4, 0.5) is 0 Å². The highest BCUT2D eigenvalue weighted by molar-refractivity contribution is 5.96. The topological polar surface area (TPSA) is 77.6 Å². The molecule has 0 fully saturated rings. The van der Waals surface area contributed by atoms with E-state index in [4.69, 9.17) is 14.2 Å². The minimum absolute atomic E-state index is 0.303. The van der Waals surface area contributed by atoms with Gasteiger partial charge in [0.25, 0.3) is 0 Å². The first-order valence-corrected chi connectivity index (χ1v) is 6.90. The van der Waals surface area contributed by atoms with E-state index in [0.29, 0.717) is 17.2 Å². The number of carbonyl (C=O) groups excluding carboxylic acids is 2. The largest absolute Gasteiger partial charge is 0.482 e. The third kappa shape index (κ3) is 2.81. The predicted octanol–water partition coefficient (Wildman–Crippen LogP) is 1.97. The number of ketones is 1. The molecule has 2 aromatic rings. The fourth-order valence-electron chi connectivity index (χ4n) is 2.18. The van der Waals surface area contributed by atoms with Crippen molar-refractivity contribution in [1.82, 2.24) is 4.98 Å². The zero-order valence-corrected chi connectivity index (χ0v) is 11.9. The second-order valence-electron chi connectivity index (χ2n) is 4.92. The van der Waals surface area contributed by atoms with Crippen LogP contribution in [0, 0.1) is 0 Å². The highest BCUT2D eigenvalue weighted by Crippen LogP contribution is 2.33. The molecule has 3 rings (SSSR count). The van der Waals surface area contributed by atoms with Crippen LogP contribution in [0.25, 0.3) is 0 Å². The maximum Gasteiger partial charge on any atom is 0.351 e. The summed E-state index contributed by atoms with van der Waals surface area (Å²) in [5.41, 5.74) is 0.395. The van der Waals surface area contributed by atoms with Crippen molar-refractivity contribution in [2.24, 2.45) is 0 Å². The van der Waals surface area contributed by atoms with Crippen molar-refractivity contribution in [3.05, 3.63) is 48.3 Å². The quantitative estimate of drug-likeness (QED) is 0.690. The molecule has 2 heterocycles. The molecule has 22 heavy (non-hydrogen) atoms. The molecule has 1 aliphatic heterocycles. The van der Waals surface area contributed by atoms with Gasteiger partial charge in [0.05, 0.1) is 5.69 Å². The van der Waals surface area contributed by atoms with Crippen LogP contribution in [0.15, 0.2) is 42.6 Å². The summed E-state index contributed by atoms with van der Waals surface area (Å²) in [6.07, 6.45) is 0.237. The Morgan fingerprint density at radius 2 is 1.86 bits per heavy atom. The molecule has 6 nitrogen and oxygen atoms in total. The lowest BCUT2D eigenvalue weighted by Crippen LogP contribution is -2.44. The van der Waals surface area contributed by atoms with Crippen molar-refractivity contribution in [2.75, 3.05) is 6.61 Å². The summed E-state index contributed by atoms with van der Waals surface area (Å²) in [5, 5.41) is 0. The molecular formula is C16H15NO5. The normalized spacial score (nSPS) is 19.5. The van der Waals surface area contributed by atoms with Gasteiger partial charge in [-0.3, -0.25) is 4.79 Å². The van der Waals surface area contributed by atoms with Crippen molar-refractivity contribution in [3.63, 3.8) is 0 Å². The van der Waals surface area contributed by atoms with Crippen LogP contribution in [-0.4, -0.2) is 35.6 Å². The molecular weight excluding hydrogens is 286 g/mol. The van der Waals surface area contributed by atoms with Gasteiger partial charge >= 0.3 is 5.97 Å². The van der Waals surface area contributed by atoms with Gasteiger partial charge in [-0.05, 0) is 31.2 Å². The van der Waals surface area contributed by atoms with E-state index in [2.05, 4.69) is 4.98 Å². The summed E-state index contributed by atoms with van der Waals surface area (Å²) in [6.45, 7) is 1.38. The molecule has 2 unspecified atom stereocenters. The Kier molecular flexibility index (Phi) is 3.82. The van der Waals surface area contributed by atoms with Crippen molar-refractivity contribution < 1.29 is 23.8 Å². The number of ether oxygens (including phenoxy) is 3. The van der Waals surface area contributed by atoms with Crippen LogP contribution in [0.2, 0.25) is 0 Å². The standard InChI is InChI=1S/C16H15NO5/c1-10-15(22-14-7-3-2-6-13(14)21-10)16(19)20-9-12(18)11-5-4-8-17-11/h2-8,10,15,17H,9H2,1H3. The fraction of sp³-hybridized carbons (Fsp3) is 0.250. The van der Waals surface area contributed by atoms with E-state index in [1.165, 1.54) is 0 Å². The molecule has 2 atom stereocenters. The summed E-state index contributed by atoms with van der Waals surface area (Å²) < 4.78 is 16.3. The number of Topliss-reactive ketones (excluding diaryl/α,β-unsaturated/α-hetero) is 1. The SMILES string of the molecule is CC1Oc2ccccc2OC1C(=O)OCC(=O)c1ccc[nH]1. The van der Waals surface area contributed by atoms with Crippen LogP contribution in [0.5, 0.6) is 11.5 Å². The first-order chi connectivity index (χ1) is 10.6. The number of hydrogen-bond acceptors (Lipinski definition) is 5. The number of aromatic nitrogens is 1. The molecule has 0 amide bonds. The van der Waals surface area contributed by atoms with Crippen molar-refractivity contribution in [2.45, 2.75) is 19.1 Å². The fourth-order valence-corrected chi connectivity index (χ4v) is 2.18. The molecule has 1 N–H and O–H groups in total. The lowest BCUT2D eigenvalue weighted by Gasteiger charge is -2.30. The van der Waals surface area contributed by atoms with E-state index in [1.807, 2.05) is 6.07 Å². The number of hydrogen-bond donors (Lipinski definition) is 1. The van der Waals surface area contributed by atoms with E-state index >= 15 is 0 Å². The van der Waals surface area contributed by atoms with E-state index < -0.39 is 18.2 Å². The molecule has 0 saturated heterocycles. The number of aromatic amines is 1. The number of nitrogens with one attached hydrogen (secondary N) is 1. The van der Waals surface area contributed by atoms with E-state index in [0.717, 1.165) is 0 Å². The molecule has 0 saturated carbocycles. The molecule has 0 bridgehead atoms. The average Bonchev–Trinajstić information content (AvgIpc) is 3.06. The Bertz CT molecular complexity index is 680. The van der Waals surface area contributed by atoms with Gasteiger partial charge in [0.1, 0.15) is 6.10 Å².